The van der Waals surface area contributed by atoms with Crippen LogP contribution in [0.1, 0.15) is 19.8 Å². The molecule has 28 heavy (non-hydrogen) atoms. The lowest BCUT2D eigenvalue weighted by Crippen LogP contribution is -3.16. The predicted octanol–water partition coefficient (Wildman–Crippen LogP) is -0.174. The van der Waals surface area contributed by atoms with E-state index >= 15 is 0 Å². The molecule has 0 saturated carbocycles. The lowest BCUT2D eigenvalue weighted by molar-refractivity contribution is -0.892. The van der Waals surface area contributed by atoms with Gasteiger partial charge in [0.2, 0.25) is 0 Å². The van der Waals surface area contributed by atoms with Crippen LogP contribution in [0.25, 0.3) is 0 Å². The number of nitrogens with one attached hydrogen (secondary N) is 1. The molecule has 2 saturated heterocycles. The molecule has 7 nitrogen and oxygen atoms in total. The van der Waals surface area contributed by atoms with Crippen molar-refractivity contribution < 1.29 is 22.8 Å². The molecule has 0 spiro atoms. The van der Waals surface area contributed by atoms with Crippen molar-refractivity contribution in [1.82, 2.24) is 4.90 Å². The zero-order valence-electron chi connectivity index (χ0n) is 16.9. The van der Waals surface area contributed by atoms with Gasteiger partial charge in [-0.1, -0.05) is 13.0 Å². The summed E-state index contributed by atoms with van der Waals surface area (Å²) in [6, 6.07) is 7.92. The average Bonchev–Trinajstić information content (AvgIpc) is 3.06. The van der Waals surface area contributed by atoms with Gasteiger partial charge in [0.1, 0.15) is 5.75 Å². The van der Waals surface area contributed by atoms with Gasteiger partial charge in [0, 0.05) is 24.3 Å². The zero-order valence-corrected chi connectivity index (χ0v) is 17.7. The maximum atomic E-state index is 12.9. The molecule has 0 unspecified atom stereocenters. The molecule has 1 N–H and O–H groups in total. The molecule has 0 radical (unpaired) electrons. The van der Waals surface area contributed by atoms with Crippen LogP contribution in [0.3, 0.4) is 0 Å². The Balaban J connectivity index is 1.54. The third-order valence-corrected chi connectivity index (χ3v) is 7.47. The van der Waals surface area contributed by atoms with E-state index in [1.807, 2.05) is 30.0 Å². The number of quaternary nitrogens is 1. The van der Waals surface area contributed by atoms with E-state index < -0.39 is 9.84 Å². The normalized spacial score (nSPS) is 22.2. The van der Waals surface area contributed by atoms with Gasteiger partial charge < -0.3 is 19.4 Å². The highest BCUT2D eigenvalue weighted by Gasteiger charge is 2.35. The summed E-state index contributed by atoms with van der Waals surface area (Å²) in [5.41, 5.74) is 1.15. The summed E-state index contributed by atoms with van der Waals surface area (Å²) < 4.78 is 28.9. The quantitative estimate of drug-likeness (QED) is 0.676. The SMILES string of the molecule is CCCN(C(=O)C[NH+]1CCN(c2cccc(OC)c2)CC1)[C@H]1CCS(=O)(=O)C1. The number of anilines is 1. The van der Waals surface area contributed by atoms with Gasteiger partial charge in [-0.15, -0.1) is 0 Å². The van der Waals surface area contributed by atoms with E-state index in [9.17, 15) is 13.2 Å². The van der Waals surface area contributed by atoms with Crippen molar-refractivity contribution >= 4 is 21.4 Å². The molecule has 2 heterocycles. The molecule has 0 aromatic heterocycles. The number of ether oxygens (including phenoxy) is 1. The molecule has 1 amide bonds. The Kier molecular flexibility index (Phi) is 6.82. The standard InChI is InChI=1S/C20H31N3O4S/c1-3-8-23(18-7-13-28(25,26)16-18)20(24)15-21-9-11-22(12-10-21)17-5-4-6-19(14-17)27-2/h4-6,14,18H,3,7-13,15-16H2,1-2H3/p+1/t18-/m0/s1. The average molecular weight is 411 g/mol. The van der Waals surface area contributed by atoms with E-state index in [0.717, 1.165) is 44.0 Å². The summed E-state index contributed by atoms with van der Waals surface area (Å²) in [5.74, 6) is 1.27. The van der Waals surface area contributed by atoms with E-state index in [0.29, 0.717) is 19.5 Å². The first-order valence-electron chi connectivity index (χ1n) is 10.1. The van der Waals surface area contributed by atoms with Gasteiger partial charge in [-0.25, -0.2) is 8.42 Å². The lowest BCUT2D eigenvalue weighted by atomic mass is 10.2. The fourth-order valence-electron chi connectivity index (χ4n) is 4.15. The Bertz CT molecular complexity index is 775. The molecule has 2 fully saturated rings. The first-order chi connectivity index (χ1) is 13.4. The van der Waals surface area contributed by atoms with Crippen molar-refractivity contribution in [2.24, 2.45) is 0 Å². The van der Waals surface area contributed by atoms with Crippen LogP contribution in [0.5, 0.6) is 5.75 Å². The van der Waals surface area contributed by atoms with Crippen molar-refractivity contribution in [2.75, 3.05) is 62.8 Å². The summed E-state index contributed by atoms with van der Waals surface area (Å²) in [4.78, 5) is 18.3. The van der Waals surface area contributed by atoms with Gasteiger partial charge >= 0.3 is 0 Å². The van der Waals surface area contributed by atoms with E-state index in [1.165, 1.54) is 4.90 Å². The van der Waals surface area contributed by atoms with E-state index in [1.54, 1.807) is 7.11 Å². The Morgan fingerprint density at radius 3 is 2.68 bits per heavy atom. The number of carbonyl (C=O) groups excluding carboxylic acids is 1. The molecule has 0 aliphatic carbocycles. The number of hydrogen-bond acceptors (Lipinski definition) is 5. The second kappa shape index (κ2) is 9.13. The predicted molar refractivity (Wildman–Crippen MR) is 110 cm³/mol. The Hall–Kier alpha value is -1.80. The van der Waals surface area contributed by atoms with Gasteiger partial charge in [-0.05, 0) is 25.0 Å². The molecule has 156 valence electrons. The first-order valence-corrected chi connectivity index (χ1v) is 12.0. The maximum absolute atomic E-state index is 12.9. The molecule has 8 heteroatoms. The summed E-state index contributed by atoms with van der Waals surface area (Å²) in [5, 5.41) is 0. The largest absolute Gasteiger partial charge is 0.497 e. The van der Waals surface area contributed by atoms with Crippen LogP contribution < -0.4 is 14.5 Å². The molecule has 2 aliphatic rings. The molecule has 1 aromatic rings. The molecule has 3 rings (SSSR count). The fraction of sp³-hybridized carbons (Fsp3) is 0.650. The molecule has 1 atom stereocenters. The second-order valence-electron chi connectivity index (χ2n) is 7.76. The Labute approximate surface area is 168 Å². The third kappa shape index (κ3) is 5.17. The molecular weight excluding hydrogens is 378 g/mol. The summed E-state index contributed by atoms with van der Waals surface area (Å²) in [7, 11) is -1.32. The minimum absolute atomic E-state index is 0.0915. The van der Waals surface area contributed by atoms with Gasteiger partial charge in [0.05, 0.1) is 44.8 Å². The van der Waals surface area contributed by atoms with Crippen molar-refractivity contribution in [2.45, 2.75) is 25.8 Å². The second-order valence-corrected chi connectivity index (χ2v) is 9.99. The molecular formula is C20H32N3O4S+. The van der Waals surface area contributed by atoms with Crippen LogP contribution in [-0.4, -0.2) is 83.2 Å². The van der Waals surface area contributed by atoms with Crippen molar-refractivity contribution in [3.8, 4) is 5.75 Å². The summed E-state index contributed by atoms with van der Waals surface area (Å²) in [6.07, 6.45) is 1.42. The number of nitrogens with zero attached hydrogens (tertiary/aromatic N) is 2. The number of carbonyl (C=O) groups is 1. The highest BCUT2D eigenvalue weighted by atomic mass is 32.2. The topological polar surface area (TPSA) is 71.4 Å². The highest BCUT2D eigenvalue weighted by molar-refractivity contribution is 7.91. The van der Waals surface area contributed by atoms with Crippen LogP contribution in [0.2, 0.25) is 0 Å². The van der Waals surface area contributed by atoms with Gasteiger partial charge in [0.15, 0.2) is 16.4 Å². The number of sulfone groups is 1. The zero-order chi connectivity index (χ0) is 20.1. The molecule has 2 aliphatic heterocycles. The Morgan fingerprint density at radius 2 is 2.07 bits per heavy atom. The number of piperazine rings is 1. The number of methoxy groups -OCH3 is 1. The van der Waals surface area contributed by atoms with Gasteiger partial charge in [-0.2, -0.15) is 0 Å². The highest BCUT2D eigenvalue weighted by Crippen LogP contribution is 2.21. The number of hydrogen-bond donors (Lipinski definition) is 1. The monoisotopic (exact) mass is 410 g/mol. The third-order valence-electron chi connectivity index (χ3n) is 5.72. The van der Waals surface area contributed by atoms with Crippen molar-refractivity contribution in [1.29, 1.82) is 0 Å². The van der Waals surface area contributed by atoms with Crippen LogP contribution in [0.4, 0.5) is 5.69 Å². The van der Waals surface area contributed by atoms with Crippen molar-refractivity contribution in [3.63, 3.8) is 0 Å². The van der Waals surface area contributed by atoms with Crippen LogP contribution in [0, 0.1) is 0 Å². The van der Waals surface area contributed by atoms with Gasteiger partial charge in [0.25, 0.3) is 5.91 Å². The maximum Gasteiger partial charge on any atom is 0.278 e. The molecule has 0 bridgehead atoms. The minimum atomic E-state index is -2.99. The lowest BCUT2D eigenvalue weighted by Gasteiger charge is -2.35. The first kappa shape index (κ1) is 20.9. The number of rotatable bonds is 7. The summed E-state index contributed by atoms with van der Waals surface area (Å²) in [6.45, 7) is 6.69. The van der Waals surface area contributed by atoms with E-state index in [2.05, 4.69) is 11.0 Å². The Morgan fingerprint density at radius 1 is 1.32 bits per heavy atom. The minimum Gasteiger partial charge on any atom is -0.497 e. The van der Waals surface area contributed by atoms with E-state index in [-0.39, 0.29) is 23.5 Å². The van der Waals surface area contributed by atoms with Crippen LogP contribution in [0.15, 0.2) is 24.3 Å². The van der Waals surface area contributed by atoms with Gasteiger partial charge in [-0.3, -0.25) is 4.79 Å². The molecule has 1 aromatic carbocycles. The van der Waals surface area contributed by atoms with Crippen LogP contribution >= 0.6 is 0 Å². The number of amides is 1. The smallest absolute Gasteiger partial charge is 0.278 e. The van der Waals surface area contributed by atoms with Crippen LogP contribution in [-0.2, 0) is 14.6 Å². The van der Waals surface area contributed by atoms with Crippen molar-refractivity contribution in [3.05, 3.63) is 24.3 Å². The summed E-state index contributed by atoms with van der Waals surface area (Å²) >= 11 is 0. The fourth-order valence-corrected chi connectivity index (χ4v) is 5.88. The number of benzene rings is 1. The van der Waals surface area contributed by atoms with E-state index in [4.69, 9.17) is 4.74 Å².